The van der Waals surface area contributed by atoms with E-state index >= 15 is 0 Å². The molecule has 4 nitrogen and oxygen atoms in total. The summed E-state index contributed by atoms with van der Waals surface area (Å²) < 4.78 is 5.44. The van der Waals surface area contributed by atoms with Crippen molar-refractivity contribution in [1.29, 1.82) is 0 Å². The summed E-state index contributed by atoms with van der Waals surface area (Å²) in [6, 6.07) is 14.9. The molecule has 2 rings (SSSR count). The van der Waals surface area contributed by atoms with E-state index in [4.69, 9.17) is 10.5 Å². The van der Waals surface area contributed by atoms with Crippen LogP contribution in [0.2, 0.25) is 0 Å². The van der Waals surface area contributed by atoms with Gasteiger partial charge in [0.25, 0.3) is 0 Å². The van der Waals surface area contributed by atoms with Crippen LogP contribution in [0.1, 0.15) is 30.5 Å². The number of nitrogens with two attached hydrogens (primary N) is 1. The van der Waals surface area contributed by atoms with Gasteiger partial charge in [-0.1, -0.05) is 30.3 Å². The van der Waals surface area contributed by atoms with Crippen LogP contribution in [0.15, 0.2) is 48.5 Å². The second kappa shape index (κ2) is 7.61. The van der Waals surface area contributed by atoms with Crippen molar-refractivity contribution in [2.75, 3.05) is 11.9 Å². The molecule has 0 aliphatic rings. The smallest absolute Gasteiger partial charge is 0.226 e. The predicted octanol–water partition coefficient (Wildman–Crippen LogP) is 3.42. The van der Waals surface area contributed by atoms with Crippen molar-refractivity contribution >= 4 is 11.6 Å². The van der Waals surface area contributed by atoms with Crippen LogP contribution in [0.4, 0.5) is 5.69 Å². The van der Waals surface area contributed by atoms with E-state index in [-0.39, 0.29) is 18.4 Å². The highest BCUT2D eigenvalue weighted by Crippen LogP contribution is 2.22. The maximum absolute atomic E-state index is 12.1. The maximum atomic E-state index is 12.1. The van der Waals surface area contributed by atoms with Crippen LogP contribution < -0.4 is 15.8 Å². The van der Waals surface area contributed by atoms with Gasteiger partial charge in [0.2, 0.25) is 5.91 Å². The van der Waals surface area contributed by atoms with E-state index in [0.717, 1.165) is 22.6 Å². The molecule has 1 unspecified atom stereocenters. The number of nitrogens with one attached hydrogen (secondary N) is 1. The quantitative estimate of drug-likeness (QED) is 0.859. The number of ether oxygens (including phenoxy) is 1. The van der Waals surface area contributed by atoms with Crippen LogP contribution in [-0.4, -0.2) is 12.5 Å². The number of aryl methyl sites for hydroxylation is 1. The van der Waals surface area contributed by atoms with Crippen molar-refractivity contribution in [3.63, 3.8) is 0 Å². The van der Waals surface area contributed by atoms with Crippen molar-refractivity contribution in [3.8, 4) is 5.75 Å². The lowest BCUT2D eigenvalue weighted by molar-refractivity contribution is -0.116. The number of amides is 1. The van der Waals surface area contributed by atoms with Gasteiger partial charge in [0.15, 0.2) is 0 Å². The number of hydrogen-bond donors (Lipinski definition) is 2. The highest BCUT2D eigenvalue weighted by molar-refractivity contribution is 5.92. The average Bonchev–Trinajstić information content (AvgIpc) is 2.51. The largest absolute Gasteiger partial charge is 0.494 e. The number of benzene rings is 2. The van der Waals surface area contributed by atoms with E-state index in [1.807, 2.05) is 62.4 Å². The van der Waals surface area contributed by atoms with E-state index in [0.29, 0.717) is 6.61 Å². The number of carbonyl (C=O) groups excluding carboxylic acids is 1. The first-order valence-electron chi connectivity index (χ1n) is 7.44. The van der Waals surface area contributed by atoms with E-state index in [1.54, 1.807) is 0 Å². The van der Waals surface area contributed by atoms with Gasteiger partial charge in [-0.15, -0.1) is 0 Å². The Kier molecular flexibility index (Phi) is 5.55. The van der Waals surface area contributed by atoms with Gasteiger partial charge in [-0.05, 0) is 43.2 Å². The zero-order chi connectivity index (χ0) is 15.9. The van der Waals surface area contributed by atoms with Gasteiger partial charge in [0.05, 0.1) is 6.61 Å². The van der Waals surface area contributed by atoms with Crippen LogP contribution in [0.5, 0.6) is 5.75 Å². The molecule has 0 saturated carbocycles. The monoisotopic (exact) mass is 298 g/mol. The first kappa shape index (κ1) is 16.0. The minimum atomic E-state index is -0.302. The third-order valence-corrected chi connectivity index (χ3v) is 3.42. The summed E-state index contributed by atoms with van der Waals surface area (Å²) >= 11 is 0. The van der Waals surface area contributed by atoms with Crippen molar-refractivity contribution in [2.24, 2.45) is 5.73 Å². The summed E-state index contributed by atoms with van der Waals surface area (Å²) in [5, 5.41) is 2.91. The minimum Gasteiger partial charge on any atom is -0.494 e. The van der Waals surface area contributed by atoms with Crippen LogP contribution >= 0.6 is 0 Å². The van der Waals surface area contributed by atoms with Gasteiger partial charge in [0.1, 0.15) is 5.75 Å². The highest BCUT2D eigenvalue weighted by Gasteiger charge is 2.12. The Balaban J connectivity index is 1.97. The number of anilines is 1. The molecule has 116 valence electrons. The Morgan fingerprint density at radius 2 is 1.95 bits per heavy atom. The third-order valence-electron chi connectivity index (χ3n) is 3.42. The molecule has 22 heavy (non-hydrogen) atoms. The lowest BCUT2D eigenvalue weighted by Gasteiger charge is -2.14. The molecule has 0 bridgehead atoms. The van der Waals surface area contributed by atoms with Crippen LogP contribution in [0.25, 0.3) is 0 Å². The molecule has 0 spiro atoms. The predicted molar refractivity (Wildman–Crippen MR) is 89.0 cm³/mol. The molecule has 1 atom stereocenters. The fraction of sp³-hybridized carbons (Fsp3) is 0.278. The molecule has 0 aromatic heterocycles. The van der Waals surface area contributed by atoms with Crippen molar-refractivity contribution in [1.82, 2.24) is 0 Å². The Morgan fingerprint density at radius 1 is 1.23 bits per heavy atom. The topological polar surface area (TPSA) is 64.3 Å². The Morgan fingerprint density at radius 3 is 2.59 bits per heavy atom. The van der Waals surface area contributed by atoms with Crippen molar-refractivity contribution in [2.45, 2.75) is 26.3 Å². The molecular formula is C18H22N2O2. The van der Waals surface area contributed by atoms with Gasteiger partial charge < -0.3 is 15.8 Å². The van der Waals surface area contributed by atoms with E-state index < -0.39 is 0 Å². The molecule has 0 radical (unpaired) electrons. The van der Waals surface area contributed by atoms with Gasteiger partial charge in [-0.2, -0.15) is 0 Å². The zero-order valence-corrected chi connectivity index (χ0v) is 13.0. The van der Waals surface area contributed by atoms with Crippen molar-refractivity contribution < 1.29 is 9.53 Å². The first-order valence-corrected chi connectivity index (χ1v) is 7.44. The van der Waals surface area contributed by atoms with Gasteiger partial charge in [-0.3, -0.25) is 4.79 Å². The second-order valence-corrected chi connectivity index (χ2v) is 5.18. The van der Waals surface area contributed by atoms with E-state index in [1.165, 1.54) is 0 Å². The third kappa shape index (κ3) is 4.33. The lowest BCUT2D eigenvalue weighted by atomic mass is 10.0. The van der Waals surface area contributed by atoms with Gasteiger partial charge >= 0.3 is 0 Å². The molecule has 0 fully saturated rings. The molecule has 0 heterocycles. The molecule has 0 aliphatic carbocycles. The summed E-state index contributed by atoms with van der Waals surface area (Å²) in [4.78, 5) is 12.1. The summed E-state index contributed by atoms with van der Waals surface area (Å²) in [5.74, 6) is 0.711. The normalized spacial score (nSPS) is 11.8. The number of rotatable bonds is 6. The molecule has 2 aromatic rings. The fourth-order valence-electron chi connectivity index (χ4n) is 2.25. The average molecular weight is 298 g/mol. The van der Waals surface area contributed by atoms with E-state index in [9.17, 15) is 4.79 Å². The maximum Gasteiger partial charge on any atom is 0.226 e. The lowest BCUT2D eigenvalue weighted by Crippen LogP contribution is -2.20. The zero-order valence-electron chi connectivity index (χ0n) is 13.0. The number of carbonyl (C=O) groups is 1. The molecule has 2 aromatic carbocycles. The molecule has 1 amide bonds. The minimum absolute atomic E-state index is 0.0939. The summed E-state index contributed by atoms with van der Waals surface area (Å²) in [7, 11) is 0. The first-order chi connectivity index (χ1) is 10.6. The molecule has 4 heteroatoms. The SMILES string of the molecule is CCOc1ccc(NC(=O)CC(N)c2ccccc2)c(C)c1. The molecule has 3 N–H and O–H groups in total. The van der Waals surface area contributed by atoms with Crippen LogP contribution in [0, 0.1) is 6.92 Å². The summed E-state index contributed by atoms with van der Waals surface area (Å²) in [6.45, 7) is 4.50. The fourth-order valence-corrected chi connectivity index (χ4v) is 2.25. The van der Waals surface area contributed by atoms with Crippen molar-refractivity contribution in [3.05, 3.63) is 59.7 Å². The van der Waals surface area contributed by atoms with Crippen LogP contribution in [0.3, 0.4) is 0 Å². The molecule has 0 saturated heterocycles. The number of hydrogen-bond acceptors (Lipinski definition) is 3. The highest BCUT2D eigenvalue weighted by atomic mass is 16.5. The Hall–Kier alpha value is -2.33. The second-order valence-electron chi connectivity index (χ2n) is 5.18. The van der Waals surface area contributed by atoms with Gasteiger partial charge in [-0.25, -0.2) is 0 Å². The van der Waals surface area contributed by atoms with Crippen LogP contribution in [-0.2, 0) is 4.79 Å². The van der Waals surface area contributed by atoms with Gasteiger partial charge in [0, 0.05) is 18.2 Å². The standard InChI is InChI=1S/C18H22N2O2/c1-3-22-15-9-10-17(13(2)11-15)20-18(21)12-16(19)14-7-5-4-6-8-14/h4-11,16H,3,12,19H2,1-2H3,(H,20,21). The molecule has 0 aliphatic heterocycles. The molecular weight excluding hydrogens is 276 g/mol. The van der Waals surface area contributed by atoms with E-state index in [2.05, 4.69) is 5.32 Å². The Labute approximate surface area is 131 Å². The summed E-state index contributed by atoms with van der Waals surface area (Å²) in [6.07, 6.45) is 0.247. The Bertz CT molecular complexity index is 626. The summed E-state index contributed by atoms with van der Waals surface area (Å²) in [5.41, 5.74) is 8.78.